The highest BCUT2D eigenvalue weighted by atomic mass is 15.1. The summed E-state index contributed by atoms with van der Waals surface area (Å²) in [7, 11) is 0. The van der Waals surface area contributed by atoms with E-state index in [4.69, 9.17) is 5.73 Å². The molecule has 2 heterocycles. The quantitative estimate of drug-likeness (QED) is 0.746. The number of aromatic nitrogens is 2. The SMILES string of the molecule is CC1=C(C#N)C(c2ccc3[nH]nc(N)c3c2)C(C#N)=C(C)N1. The lowest BCUT2D eigenvalue weighted by molar-refractivity contribution is 0.815. The predicted molar refractivity (Wildman–Crippen MR) is 83.0 cm³/mol. The Morgan fingerprint density at radius 2 is 1.77 bits per heavy atom. The van der Waals surface area contributed by atoms with E-state index >= 15 is 0 Å². The number of nitrogens with two attached hydrogens (primary N) is 1. The summed E-state index contributed by atoms with van der Waals surface area (Å²) in [5.41, 5.74) is 10.2. The average Bonchev–Trinajstić information content (AvgIpc) is 2.87. The molecule has 4 N–H and O–H groups in total. The Kier molecular flexibility index (Phi) is 3.08. The number of fused-ring (bicyclic) bond motifs is 1. The van der Waals surface area contributed by atoms with Gasteiger partial charge < -0.3 is 11.1 Å². The van der Waals surface area contributed by atoms with Crippen molar-refractivity contribution in [2.45, 2.75) is 19.8 Å². The van der Waals surface area contributed by atoms with Crippen LogP contribution in [0.4, 0.5) is 5.82 Å². The molecule has 0 radical (unpaired) electrons. The highest BCUT2D eigenvalue weighted by molar-refractivity contribution is 5.89. The number of benzene rings is 1. The van der Waals surface area contributed by atoms with Crippen LogP contribution in [0.3, 0.4) is 0 Å². The van der Waals surface area contributed by atoms with Crippen LogP contribution in [0.5, 0.6) is 0 Å². The number of dihydropyridines is 1. The van der Waals surface area contributed by atoms with Crippen LogP contribution in [-0.4, -0.2) is 10.2 Å². The summed E-state index contributed by atoms with van der Waals surface area (Å²) in [6.45, 7) is 3.68. The van der Waals surface area contributed by atoms with E-state index in [1.807, 2.05) is 32.0 Å². The molecular weight excluding hydrogens is 276 g/mol. The second-order valence-electron chi connectivity index (χ2n) is 5.27. The van der Waals surface area contributed by atoms with Crippen LogP contribution in [0, 0.1) is 22.7 Å². The molecule has 0 atom stereocenters. The molecule has 1 aromatic heterocycles. The molecule has 0 aliphatic carbocycles. The predicted octanol–water partition coefficient (Wildman–Crippen LogP) is 2.43. The Bertz CT molecular complexity index is 880. The summed E-state index contributed by atoms with van der Waals surface area (Å²) in [4.78, 5) is 0. The minimum atomic E-state index is -0.380. The van der Waals surface area contributed by atoms with Gasteiger partial charge in [0.15, 0.2) is 5.82 Å². The van der Waals surface area contributed by atoms with Crippen molar-refractivity contribution in [3.63, 3.8) is 0 Å². The smallest absolute Gasteiger partial charge is 0.153 e. The number of allylic oxidation sites excluding steroid dienone is 4. The zero-order valence-electron chi connectivity index (χ0n) is 12.2. The molecule has 1 aliphatic heterocycles. The zero-order valence-corrected chi connectivity index (χ0v) is 12.2. The number of nitrogen functional groups attached to an aromatic ring is 1. The van der Waals surface area contributed by atoms with E-state index in [1.54, 1.807) is 0 Å². The lowest BCUT2D eigenvalue weighted by Crippen LogP contribution is -2.23. The van der Waals surface area contributed by atoms with Crippen molar-refractivity contribution >= 4 is 16.7 Å². The fraction of sp³-hybridized carbons (Fsp3) is 0.188. The Labute approximate surface area is 127 Å². The van der Waals surface area contributed by atoms with Gasteiger partial charge in [0.25, 0.3) is 0 Å². The van der Waals surface area contributed by atoms with Gasteiger partial charge in [0.2, 0.25) is 0 Å². The Balaban J connectivity index is 2.25. The van der Waals surface area contributed by atoms with E-state index < -0.39 is 0 Å². The number of hydrogen-bond donors (Lipinski definition) is 3. The van der Waals surface area contributed by atoms with Crippen LogP contribution in [0.15, 0.2) is 40.7 Å². The zero-order chi connectivity index (χ0) is 15.9. The maximum absolute atomic E-state index is 9.50. The number of hydrogen-bond acceptors (Lipinski definition) is 5. The van der Waals surface area contributed by atoms with Crippen LogP contribution in [0.2, 0.25) is 0 Å². The minimum absolute atomic E-state index is 0.380. The molecule has 0 saturated carbocycles. The molecule has 108 valence electrons. The summed E-state index contributed by atoms with van der Waals surface area (Å²) < 4.78 is 0. The van der Waals surface area contributed by atoms with E-state index in [-0.39, 0.29) is 5.92 Å². The van der Waals surface area contributed by atoms with E-state index in [0.717, 1.165) is 27.9 Å². The van der Waals surface area contributed by atoms with Crippen molar-refractivity contribution in [2.24, 2.45) is 0 Å². The monoisotopic (exact) mass is 290 g/mol. The molecule has 3 rings (SSSR count). The molecule has 6 heteroatoms. The van der Waals surface area contributed by atoms with Gasteiger partial charge in [0.1, 0.15) is 0 Å². The molecule has 1 aliphatic rings. The number of anilines is 1. The van der Waals surface area contributed by atoms with Crippen molar-refractivity contribution < 1.29 is 0 Å². The molecule has 6 nitrogen and oxygen atoms in total. The fourth-order valence-corrected chi connectivity index (χ4v) is 2.85. The van der Waals surface area contributed by atoms with Gasteiger partial charge in [-0.3, -0.25) is 5.10 Å². The first kappa shape index (κ1) is 13.7. The molecule has 0 spiro atoms. The van der Waals surface area contributed by atoms with Crippen LogP contribution in [0.1, 0.15) is 25.3 Å². The Morgan fingerprint density at radius 3 is 2.36 bits per heavy atom. The fourth-order valence-electron chi connectivity index (χ4n) is 2.85. The standard InChI is InChI=1S/C16H14N6/c1-8-12(6-17)15(13(7-18)9(2)20-8)10-3-4-14-11(5-10)16(19)22-21-14/h3-5,15,20H,1-2H3,(H3,19,21,22). The van der Waals surface area contributed by atoms with Gasteiger partial charge in [0.05, 0.1) is 34.7 Å². The Morgan fingerprint density at radius 1 is 1.14 bits per heavy atom. The van der Waals surface area contributed by atoms with Gasteiger partial charge in [-0.1, -0.05) is 6.07 Å². The van der Waals surface area contributed by atoms with Crippen molar-refractivity contribution in [3.8, 4) is 12.1 Å². The topological polar surface area (TPSA) is 114 Å². The summed E-state index contributed by atoms with van der Waals surface area (Å²) in [6, 6.07) is 10.1. The molecule has 22 heavy (non-hydrogen) atoms. The summed E-state index contributed by atoms with van der Waals surface area (Å²) in [6.07, 6.45) is 0. The molecule has 2 aromatic rings. The molecule has 0 saturated heterocycles. The first-order valence-electron chi connectivity index (χ1n) is 6.79. The van der Waals surface area contributed by atoms with Gasteiger partial charge in [-0.05, 0) is 31.5 Å². The third-order valence-corrected chi connectivity index (χ3v) is 3.95. The molecule has 0 amide bonds. The summed E-state index contributed by atoms with van der Waals surface area (Å²) in [5.74, 6) is 0.0270. The lowest BCUT2D eigenvalue weighted by atomic mass is 9.81. The third kappa shape index (κ3) is 1.90. The first-order valence-corrected chi connectivity index (χ1v) is 6.79. The highest BCUT2D eigenvalue weighted by Crippen LogP contribution is 2.38. The van der Waals surface area contributed by atoms with E-state index in [0.29, 0.717) is 17.0 Å². The molecular formula is C16H14N6. The number of nitriles is 2. The van der Waals surface area contributed by atoms with Gasteiger partial charge in [0, 0.05) is 16.8 Å². The van der Waals surface area contributed by atoms with Crippen molar-refractivity contribution in [1.29, 1.82) is 10.5 Å². The maximum atomic E-state index is 9.50. The number of aromatic amines is 1. The van der Waals surface area contributed by atoms with Gasteiger partial charge >= 0.3 is 0 Å². The highest BCUT2D eigenvalue weighted by Gasteiger charge is 2.29. The van der Waals surface area contributed by atoms with E-state index in [2.05, 4.69) is 27.7 Å². The largest absolute Gasteiger partial charge is 0.382 e. The van der Waals surface area contributed by atoms with E-state index in [9.17, 15) is 10.5 Å². The lowest BCUT2D eigenvalue weighted by Gasteiger charge is -2.26. The van der Waals surface area contributed by atoms with E-state index in [1.165, 1.54) is 0 Å². The maximum Gasteiger partial charge on any atom is 0.153 e. The van der Waals surface area contributed by atoms with Gasteiger partial charge in [-0.15, -0.1) is 0 Å². The second kappa shape index (κ2) is 4.94. The number of rotatable bonds is 1. The number of H-pyrrole nitrogens is 1. The first-order chi connectivity index (χ1) is 10.6. The van der Waals surface area contributed by atoms with Crippen LogP contribution >= 0.6 is 0 Å². The number of nitrogens with one attached hydrogen (secondary N) is 2. The molecule has 0 fully saturated rings. The normalized spacial score (nSPS) is 15.6. The number of nitrogens with zero attached hydrogens (tertiary/aromatic N) is 3. The van der Waals surface area contributed by atoms with Gasteiger partial charge in [-0.25, -0.2) is 0 Å². The van der Waals surface area contributed by atoms with Crippen molar-refractivity contribution in [1.82, 2.24) is 15.5 Å². The van der Waals surface area contributed by atoms with Gasteiger partial charge in [-0.2, -0.15) is 15.6 Å². The van der Waals surface area contributed by atoms with Crippen LogP contribution in [-0.2, 0) is 0 Å². The molecule has 0 bridgehead atoms. The minimum Gasteiger partial charge on any atom is -0.382 e. The molecule has 1 aromatic carbocycles. The molecule has 0 unspecified atom stereocenters. The van der Waals surface area contributed by atoms with Crippen molar-refractivity contribution in [2.75, 3.05) is 5.73 Å². The average molecular weight is 290 g/mol. The second-order valence-corrected chi connectivity index (χ2v) is 5.27. The Hall–Kier alpha value is -3.25. The third-order valence-electron chi connectivity index (χ3n) is 3.95. The summed E-state index contributed by atoms with van der Waals surface area (Å²) >= 11 is 0. The van der Waals surface area contributed by atoms with Crippen molar-refractivity contribution in [3.05, 3.63) is 46.3 Å². The van der Waals surface area contributed by atoms with Crippen LogP contribution < -0.4 is 11.1 Å². The summed E-state index contributed by atoms with van der Waals surface area (Å²) in [5, 5.41) is 29.7. The van der Waals surface area contributed by atoms with Crippen LogP contribution in [0.25, 0.3) is 10.9 Å².